The second kappa shape index (κ2) is 11.2. The minimum Gasteiger partial charge on any atom is -0.478 e. The van der Waals surface area contributed by atoms with Gasteiger partial charge >= 0.3 is 12.1 Å². The third-order valence-corrected chi connectivity index (χ3v) is 9.29. The summed E-state index contributed by atoms with van der Waals surface area (Å²) in [6, 6.07) is 12.9. The van der Waals surface area contributed by atoms with Crippen molar-refractivity contribution >= 4 is 27.6 Å². The first-order valence-corrected chi connectivity index (χ1v) is 15.5. The summed E-state index contributed by atoms with van der Waals surface area (Å²) in [4.78, 5) is 44.7. The predicted octanol–water partition coefficient (Wildman–Crippen LogP) is 4.66. The molecule has 0 spiro atoms. The summed E-state index contributed by atoms with van der Waals surface area (Å²) >= 11 is 0. The molecule has 6 rings (SSSR count). The number of rotatable bonds is 8. The zero-order chi connectivity index (χ0) is 32.1. The van der Waals surface area contributed by atoms with Crippen LogP contribution in [0.4, 0.5) is 13.2 Å². The topological polar surface area (TPSA) is 147 Å². The summed E-state index contributed by atoms with van der Waals surface area (Å²) in [5, 5.41) is 13.1. The van der Waals surface area contributed by atoms with Crippen molar-refractivity contribution in [2.45, 2.75) is 31.6 Å². The van der Waals surface area contributed by atoms with Crippen LogP contribution in [0.1, 0.15) is 65.4 Å². The third kappa shape index (κ3) is 5.80. The standard InChI is InChI=1S/C31H24F3N3O7S/c32-31(33,34)20-10-3-17(4-11-20)5-12-22-25(30(40)41)24(26-27(36-22)23-15-45(42,43)16-37(23)29(26)39)18-6-8-19(9-7-18)28(38)35-14-21-2-1-13-44-21/h1-4,6-11,13,23H,5,12,14-16H2,(H,35,38)(H,40,41)/t23-/m0/s1. The van der Waals surface area contributed by atoms with Gasteiger partial charge in [0.05, 0.1) is 52.7 Å². The van der Waals surface area contributed by atoms with Gasteiger partial charge in [-0.15, -0.1) is 0 Å². The summed E-state index contributed by atoms with van der Waals surface area (Å²) in [6.07, 6.45) is -2.93. The van der Waals surface area contributed by atoms with Crippen LogP contribution in [-0.2, 0) is 35.4 Å². The number of carbonyl (C=O) groups is 3. The van der Waals surface area contributed by atoms with E-state index in [0.717, 1.165) is 17.0 Å². The largest absolute Gasteiger partial charge is 0.478 e. The Morgan fingerprint density at radius 1 is 1.02 bits per heavy atom. The van der Waals surface area contributed by atoms with Gasteiger partial charge in [0, 0.05) is 11.1 Å². The number of hydrogen-bond acceptors (Lipinski definition) is 7. The maximum Gasteiger partial charge on any atom is 0.416 e. The highest BCUT2D eigenvalue weighted by Crippen LogP contribution is 2.44. The fraction of sp³-hybridized carbons (Fsp3) is 0.226. The van der Waals surface area contributed by atoms with E-state index in [4.69, 9.17) is 4.42 Å². The first-order chi connectivity index (χ1) is 21.3. The van der Waals surface area contributed by atoms with Gasteiger partial charge in [-0.05, 0) is 60.4 Å². The number of halogens is 3. The Hall–Kier alpha value is -4.98. The van der Waals surface area contributed by atoms with Crippen LogP contribution in [0.15, 0.2) is 71.3 Å². The van der Waals surface area contributed by atoms with Gasteiger partial charge in [0.15, 0.2) is 9.84 Å². The number of amides is 2. The van der Waals surface area contributed by atoms with Crippen LogP contribution in [-0.4, -0.2) is 52.8 Å². The molecule has 0 bridgehead atoms. The van der Waals surface area contributed by atoms with Crippen molar-refractivity contribution in [1.29, 1.82) is 0 Å². The number of nitrogens with zero attached hydrogens (tertiary/aromatic N) is 2. The molecule has 232 valence electrons. The Morgan fingerprint density at radius 2 is 1.73 bits per heavy atom. The highest BCUT2D eigenvalue weighted by molar-refractivity contribution is 7.91. The molecular weight excluding hydrogens is 615 g/mol. The number of aromatic carboxylic acids is 1. The summed E-state index contributed by atoms with van der Waals surface area (Å²) in [7, 11) is -3.60. The lowest BCUT2D eigenvalue weighted by Crippen LogP contribution is -2.24. The molecule has 2 aliphatic heterocycles. The molecule has 2 aliphatic rings. The number of benzene rings is 2. The Labute approximate surface area is 254 Å². The molecule has 0 radical (unpaired) electrons. The van der Waals surface area contributed by atoms with Crippen LogP contribution in [0.3, 0.4) is 0 Å². The number of aromatic nitrogens is 1. The number of carboxylic acid groups (broad SMARTS) is 1. The first-order valence-electron chi connectivity index (χ1n) is 13.7. The van der Waals surface area contributed by atoms with Crippen molar-refractivity contribution in [3.63, 3.8) is 0 Å². The second-order valence-corrected chi connectivity index (χ2v) is 12.8. The van der Waals surface area contributed by atoms with Crippen molar-refractivity contribution in [3.05, 3.63) is 112 Å². The van der Waals surface area contributed by atoms with Crippen molar-refractivity contribution in [2.24, 2.45) is 0 Å². The highest BCUT2D eigenvalue weighted by Gasteiger charge is 2.49. The van der Waals surface area contributed by atoms with Crippen LogP contribution < -0.4 is 5.32 Å². The quantitative estimate of drug-likeness (QED) is 0.283. The van der Waals surface area contributed by atoms with Crippen molar-refractivity contribution < 1.29 is 45.5 Å². The monoisotopic (exact) mass is 639 g/mol. The number of carboxylic acids is 1. The van der Waals surface area contributed by atoms with E-state index in [-0.39, 0.29) is 58.8 Å². The maximum atomic E-state index is 13.6. The number of furan rings is 1. The summed E-state index contributed by atoms with van der Waals surface area (Å²) in [5.74, 6) is -2.85. The molecule has 1 fully saturated rings. The Balaban J connectivity index is 1.39. The van der Waals surface area contributed by atoms with Crippen molar-refractivity contribution in [3.8, 4) is 11.1 Å². The molecule has 1 atom stereocenters. The van der Waals surface area contributed by atoms with Gasteiger partial charge in [0.1, 0.15) is 11.6 Å². The van der Waals surface area contributed by atoms with E-state index in [9.17, 15) is 41.1 Å². The fourth-order valence-electron chi connectivity index (χ4n) is 5.66. The third-order valence-electron chi connectivity index (χ3n) is 7.80. The van der Waals surface area contributed by atoms with Gasteiger partial charge in [0.25, 0.3) is 11.8 Å². The normalized spacial score (nSPS) is 16.8. The van der Waals surface area contributed by atoms with E-state index in [0.29, 0.717) is 16.9 Å². The molecule has 45 heavy (non-hydrogen) atoms. The van der Waals surface area contributed by atoms with Crippen LogP contribution >= 0.6 is 0 Å². The van der Waals surface area contributed by atoms with E-state index < -0.39 is 51.3 Å². The van der Waals surface area contributed by atoms with Gasteiger partial charge in [-0.2, -0.15) is 13.2 Å². The molecule has 4 heterocycles. The van der Waals surface area contributed by atoms with Crippen molar-refractivity contribution in [1.82, 2.24) is 15.2 Å². The van der Waals surface area contributed by atoms with Crippen molar-refractivity contribution in [2.75, 3.05) is 11.6 Å². The molecule has 2 amide bonds. The number of hydrogen-bond donors (Lipinski definition) is 2. The molecule has 0 saturated carbocycles. The van der Waals surface area contributed by atoms with Crippen LogP contribution in [0, 0.1) is 0 Å². The summed E-state index contributed by atoms with van der Waals surface area (Å²) < 4.78 is 69.1. The highest BCUT2D eigenvalue weighted by atomic mass is 32.2. The zero-order valence-corrected chi connectivity index (χ0v) is 24.1. The van der Waals surface area contributed by atoms with Crippen LogP contribution in [0.2, 0.25) is 0 Å². The Morgan fingerprint density at radius 3 is 2.36 bits per heavy atom. The minimum absolute atomic E-state index is 0.0196. The van der Waals surface area contributed by atoms with E-state index in [1.54, 1.807) is 12.1 Å². The molecule has 2 aromatic carbocycles. The Bertz CT molecular complexity index is 1920. The molecule has 10 nitrogen and oxygen atoms in total. The minimum atomic E-state index is -4.51. The van der Waals surface area contributed by atoms with E-state index in [1.807, 2.05) is 0 Å². The van der Waals surface area contributed by atoms with Crippen LogP contribution in [0.25, 0.3) is 11.1 Å². The molecule has 1 saturated heterocycles. The number of sulfone groups is 1. The molecule has 4 aromatic rings. The average molecular weight is 640 g/mol. The molecule has 2 aromatic heterocycles. The zero-order valence-electron chi connectivity index (χ0n) is 23.3. The van der Waals surface area contributed by atoms with Gasteiger partial charge in [-0.1, -0.05) is 24.3 Å². The van der Waals surface area contributed by atoms with E-state index in [1.165, 1.54) is 42.7 Å². The summed E-state index contributed by atoms with van der Waals surface area (Å²) in [5.41, 5.74) is 0.126. The van der Waals surface area contributed by atoms with E-state index >= 15 is 0 Å². The van der Waals surface area contributed by atoms with Gasteiger partial charge < -0.3 is 19.7 Å². The molecule has 0 unspecified atom stereocenters. The van der Waals surface area contributed by atoms with E-state index in [2.05, 4.69) is 10.3 Å². The number of nitrogens with one attached hydrogen (secondary N) is 1. The lowest BCUT2D eigenvalue weighted by molar-refractivity contribution is -0.137. The number of carbonyl (C=O) groups excluding carboxylic acids is 2. The molecule has 2 N–H and O–H groups in total. The average Bonchev–Trinajstić information content (AvgIpc) is 3.69. The Kier molecular flexibility index (Phi) is 7.47. The maximum absolute atomic E-state index is 13.6. The lowest BCUT2D eigenvalue weighted by Gasteiger charge is -2.17. The number of fused-ring (bicyclic) bond motifs is 3. The molecular formula is C31H24F3N3O7S. The SMILES string of the molecule is O=C(NCc1ccco1)c1ccc(-c2c(C(=O)O)c(CCc3ccc(C(F)(F)F)cc3)nc3c2C(=O)N2CS(=O)(=O)C[C@@H]32)cc1. The number of alkyl halides is 3. The van der Waals surface area contributed by atoms with Gasteiger partial charge in [0.2, 0.25) is 0 Å². The lowest BCUT2D eigenvalue weighted by atomic mass is 9.90. The second-order valence-electron chi connectivity index (χ2n) is 10.7. The van der Waals surface area contributed by atoms with Crippen LogP contribution in [0.5, 0.6) is 0 Å². The number of aryl methyl sites for hydroxylation is 2. The van der Waals surface area contributed by atoms with Gasteiger partial charge in [-0.25, -0.2) is 13.2 Å². The van der Waals surface area contributed by atoms with Gasteiger partial charge in [-0.3, -0.25) is 14.6 Å². The smallest absolute Gasteiger partial charge is 0.416 e. The molecule has 0 aliphatic carbocycles. The number of pyridine rings is 1. The fourth-order valence-corrected chi connectivity index (χ4v) is 7.31. The molecule has 14 heteroatoms. The summed E-state index contributed by atoms with van der Waals surface area (Å²) in [6.45, 7) is 0.144. The first kappa shape index (κ1) is 30.1. The predicted molar refractivity (Wildman–Crippen MR) is 153 cm³/mol.